The fourth-order valence-corrected chi connectivity index (χ4v) is 8.84. The highest BCUT2D eigenvalue weighted by atomic mass is 16.6. The summed E-state index contributed by atoms with van der Waals surface area (Å²) in [6.45, 7) is 8.87. The molecule has 8 N–H and O–H groups in total. The number of nitrogens with two attached hydrogens (primary N) is 2. The van der Waals surface area contributed by atoms with Gasteiger partial charge in [0.15, 0.2) is 34.9 Å². The number of benzene rings is 2. The summed E-state index contributed by atoms with van der Waals surface area (Å²) < 4.78 is 38.5. The van der Waals surface area contributed by atoms with E-state index in [2.05, 4.69) is 15.5 Å². The number of rotatable bonds is 14. The number of amides is 3. The Labute approximate surface area is 424 Å². The largest absolute Gasteiger partial charge is 0.493 e. The molecule has 2 heterocycles. The molecule has 0 spiro atoms. The summed E-state index contributed by atoms with van der Waals surface area (Å²) >= 11 is 0. The Morgan fingerprint density at radius 1 is 0.863 bits per heavy atom. The molecule has 5 unspecified atom stereocenters. The van der Waals surface area contributed by atoms with Crippen molar-refractivity contribution in [3.05, 3.63) is 94.5 Å². The van der Waals surface area contributed by atoms with E-state index in [1.54, 1.807) is 32.1 Å². The number of allylic oxidation sites excluding steroid dienone is 3. The first kappa shape index (κ1) is 56.7. The number of hydrogen-bond donors (Lipinski definition) is 6. The Hall–Kier alpha value is -7.20. The molecule has 73 heavy (non-hydrogen) atoms. The number of ketones is 3. The first-order valence-corrected chi connectivity index (χ1v) is 23.7. The smallest absolute Gasteiger partial charge is 0.415 e. The summed E-state index contributed by atoms with van der Waals surface area (Å²) in [6.07, 6.45) is 0.606. The number of aliphatic hydroxyl groups excluding tert-OH is 2. The van der Waals surface area contributed by atoms with Crippen LogP contribution in [0.15, 0.2) is 83.4 Å². The summed E-state index contributed by atoms with van der Waals surface area (Å²) in [5.41, 5.74) is 12.4. The highest BCUT2D eigenvalue weighted by Gasteiger charge is 2.35. The van der Waals surface area contributed by atoms with E-state index in [-0.39, 0.29) is 89.5 Å². The molecular weight excluding hydrogens is 949 g/mol. The van der Waals surface area contributed by atoms with Gasteiger partial charge in [0, 0.05) is 81.3 Å². The van der Waals surface area contributed by atoms with Gasteiger partial charge in [-0.1, -0.05) is 45.1 Å². The van der Waals surface area contributed by atoms with Crippen LogP contribution >= 0.6 is 0 Å². The fourth-order valence-electron chi connectivity index (χ4n) is 8.84. The van der Waals surface area contributed by atoms with Gasteiger partial charge in [0.05, 0.1) is 58.0 Å². The lowest BCUT2D eigenvalue weighted by atomic mass is 9.85. The number of methoxy groups -OCH3 is 5. The number of Topliss-reactive ketones (excluding diaryl/α,β-unsaturated/α-hetero) is 2. The maximum atomic E-state index is 14.2. The average molecular weight is 1020 g/mol. The van der Waals surface area contributed by atoms with Crippen LogP contribution in [0.3, 0.4) is 0 Å². The summed E-state index contributed by atoms with van der Waals surface area (Å²) in [5, 5.41) is 28.2. The van der Waals surface area contributed by atoms with Crippen LogP contribution in [0.5, 0.6) is 28.7 Å². The summed E-state index contributed by atoms with van der Waals surface area (Å²) in [5.74, 6) is -2.83. The number of fused-ring (bicyclic) bond motifs is 2. The van der Waals surface area contributed by atoms with Crippen molar-refractivity contribution < 1.29 is 72.1 Å². The number of aliphatic hydroxyl groups is 2. The van der Waals surface area contributed by atoms with E-state index in [1.807, 2.05) is 6.92 Å². The lowest BCUT2D eigenvalue weighted by molar-refractivity contribution is -0.124. The minimum absolute atomic E-state index is 0.0596. The Balaban J connectivity index is 1.27. The van der Waals surface area contributed by atoms with E-state index in [1.165, 1.54) is 77.7 Å². The van der Waals surface area contributed by atoms with E-state index in [0.717, 1.165) is 12.3 Å². The van der Waals surface area contributed by atoms with Gasteiger partial charge in [0.1, 0.15) is 6.10 Å². The number of ether oxygens (including phenoxy) is 7. The molecule has 3 aliphatic rings. The SMILES string of the molecule is COc1ccc(C(=CN)C(=O)c2cc(OC)c(OC)c(OC)c2)cc1OC(=O)N1CCN(CCNC2=C3C[C@@H](C)CC(OC)C(O)[C@@H](C)/C=C(\C)C(OC(N)=O)C(O)/C=C\C(C)C(=O)NC(=CC2=O)C3=O)CC1. The zero-order valence-electron chi connectivity index (χ0n) is 42.7. The molecule has 21 heteroatoms. The summed E-state index contributed by atoms with van der Waals surface area (Å²) in [7, 11) is 7.19. The predicted octanol–water partition coefficient (Wildman–Crippen LogP) is 3.42. The minimum atomic E-state index is -1.43. The third-order valence-corrected chi connectivity index (χ3v) is 12.9. The van der Waals surface area contributed by atoms with Crippen molar-refractivity contribution in [1.82, 2.24) is 20.4 Å². The number of carbonyl (C=O) groups excluding carboxylic acids is 6. The molecule has 5 rings (SSSR count). The number of piperazine rings is 1. The van der Waals surface area contributed by atoms with Crippen LogP contribution < -0.4 is 45.8 Å². The quantitative estimate of drug-likeness (QED) is 0.0684. The molecule has 0 radical (unpaired) electrons. The topological polar surface area (TPSA) is 290 Å². The lowest BCUT2D eigenvalue weighted by Crippen LogP contribution is -2.51. The van der Waals surface area contributed by atoms with Gasteiger partial charge in [-0.25, -0.2) is 9.59 Å². The van der Waals surface area contributed by atoms with Crippen LogP contribution in [0.4, 0.5) is 9.59 Å². The van der Waals surface area contributed by atoms with Crippen molar-refractivity contribution in [2.24, 2.45) is 29.2 Å². The lowest BCUT2D eigenvalue weighted by Gasteiger charge is -2.34. The Kier molecular flexibility index (Phi) is 20.2. The predicted molar refractivity (Wildman–Crippen MR) is 268 cm³/mol. The second kappa shape index (κ2) is 26.0. The third kappa shape index (κ3) is 14.1. The highest BCUT2D eigenvalue weighted by Crippen LogP contribution is 2.40. The number of hydrogen-bond acceptors (Lipinski definition) is 18. The molecular formula is C52H68N6O15. The highest BCUT2D eigenvalue weighted by molar-refractivity contribution is 6.29. The zero-order valence-corrected chi connectivity index (χ0v) is 42.7. The molecule has 1 saturated heterocycles. The van der Waals surface area contributed by atoms with Gasteiger partial charge in [-0.2, -0.15) is 0 Å². The Bertz CT molecular complexity index is 2520. The molecule has 7 atom stereocenters. The second-order valence-electron chi connectivity index (χ2n) is 18.0. The van der Waals surface area contributed by atoms with Crippen LogP contribution in [0.25, 0.3) is 5.57 Å². The molecule has 2 bridgehead atoms. The molecule has 2 aliphatic heterocycles. The minimum Gasteiger partial charge on any atom is -0.493 e. The van der Waals surface area contributed by atoms with Crippen LogP contribution in [0.2, 0.25) is 0 Å². The van der Waals surface area contributed by atoms with Crippen LogP contribution in [-0.2, 0) is 23.9 Å². The van der Waals surface area contributed by atoms with Gasteiger partial charge in [-0.3, -0.25) is 24.1 Å². The van der Waals surface area contributed by atoms with Crippen molar-refractivity contribution in [2.75, 3.05) is 74.8 Å². The van der Waals surface area contributed by atoms with Crippen molar-refractivity contribution >= 4 is 41.0 Å². The van der Waals surface area contributed by atoms with E-state index in [9.17, 15) is 39.0 Å². The van der Waals surface area contributed by atoms with Gasteiger partial charge in [0.2, 0.25) is 23.2 Å². The summed E-state index contributed by atoms with van der Waals surface area (Å²) in [4.78, 5) is 84.2. The molecule has 21 nitrogen and oxygen atoms in total. The standard InChI is InChI=1S/C52H68N6O15/c1-28-20-34-44(38(60)26-36(47(34)63)56-50(64)29(2)10-12-37(59)48(73-51(54)65)31(4)22-30(3)45(61)41(21-28)68-6)55-14-15-57-16-18-58(19-17-57)52(66)72-40-23-32(11-13-39(40)67-5)35(27-53)46(62)33-24-42(69-7)49(71-9)43(25-33)70-8/h10-13,22-30,37,41,45,48,55,59,61H,14-21,53H2,1-9H3,(H2,54,65)(H,56,64)/b12-10-,31-22+,35-27?/t28-,29?,30+,37?,41?,45?,48?/m1/s1. The van der Waals surface area contributed by atoms with Gasteiger partial charge in [-0.15, -0.1) is 0 Å². The molecule has 0 aromatic heterocycles. The maximum Gasteiger partial charge on any atom is 0.415 e. The molecule has 1 fully saturated rings. The van der Waals surface area contributed by atoms with E-state index >= 15 is 0 Å². The van der Waals surface area contributed by atoms with Crippen LogP contribution in [0, 0.1) is 17.8 Å². The summed E-state index contributed by atoms with van der Waals surface area (Å²) in [6, 6.07) is 7.67. The monoisotopic (exact) mass is 1020 g/mol. The first-order chi connectivity index (χ1) is 34.8. The van der Waals surface area contributed by atoms with Crippen LogP contribution in [0.1, 0.15) is 56.5 Å². The number of carbonyl (C=O) groups is 6. The molecule has 3 amide bonds. The molecule has 2 aromatic rings. The second-order valence-corrected chi connectivity index (χ2v) is 18.0. The van der Waals surface area contributed by atoms with E-state index < -0.39 is 71.7 Å². The van der Waals surface area contributed by atoms with Crippen molar-refractivity contribution in [2.45, 2.75) is 65.0 Å². The number of nitrogens with zero attached hydrogens (tertiary/aromatic N) is 2. The molecule has 1 aliphatic carbocycles. The van der Waals surface area contributed by atoms with E-state index in [4.69, 9.17) is 44.6 Å². The van der Waals surface area contributed by atoms with Gasteiger partial charge in [0.25, 0.3) is 0 Å². The number of primary amides is 1. The fraction of sp³-hybridized carbons (Fsp3) is 0.462. The van der Waals surface area contributed by atoms with Gasteiger partial charge >= 0.3 is 12.2 Å². The number of nitrogens with one attached hydrogen (secondary N) is 2. The Morgan fingerprint density at radius 3 is 2.10 bits per heavy atom. The van der Waals surface area contributed by atoms with Gasteiger partial charge in [-0.05, 0) is 61.1 Å². The zero-order chi connectivity index (χ0) is 53.7. The Morgan fingerprint density at radius 2 is 1.51 bits per heavy atom. The first-order valence-electron chi connectivity index (χ1n) is 23.7. The van der Waals surface area contributed by atoms with Crippen LogP contribution in [-0.4, -0.2) is 155 Å². The van der Waals surface area contributed by atoms with Crippen molar-refractivity contribution in [1.29, 1.82) is 0 Å². The molecule has 0 saturated carbocycles. The average Bonchev–Trinajstić information content (AvgIpc) is 3.37. The maximum absolute atomic E-state index is 14.2. The van der Waals surface area contributed by atoms with E-state index in [0.29, 0.717) is 36.5 Å². The normalized spacial score (nSPS) is 24.9. The molecule has 2 aromatic carbocycles. The van der Waals surface area contributed by atoms with Crippen molar-refractivity contribution in [3.8, 4) is 28.7 Å². The van der Waals surface area contributed by atoms with Crippen molar-refractivity contribution in [3.63, 3.8) is 0 Å². The van der Waals surface area contributed by atoms with Gasteiger partial charge < -0.3 is 70.4 Å². The third-order valence-electron chi connectivity index (χ3n) is 12.9. The molecule has 396 valence electrons.